The first kappa shape index (κ1) is 10.3. The van der Waals surface area contributed by atoms with Gasteiger partial charge in [0.25, 0.3) is 0 Å². The van der Waals surface area contributed by atoms with Crippen molar-refractivity contribution < 1.29 is 4.79 Å². The van der Waals surface area contributed by atoms with Gasteiger partial charge < -0.3 is 0 Å². The van der Waals surface area contributed by atoms with E-state index in [0.29, 0.717) is 5.56 Å². The molecule has 0 aromatic heterocycles. The third kappa shape index (κ3) is 1.92. The molecular formula is C10H11N3O. The van der Waals surface area contributed by atoms with E-state index in [9.17, 15) is 4.79 Å². The summed E-state index contributed by atoms with van der Waals surface area (Å²) in [7, 11) is 0. The summed E-state index contributed by atoms with van der Waals surface area (Å²) in [4.78, 5) is 13.8. The van der Waals surface area contributed by atoms with Crippen LogP contribution in [0.5, 0.6) is 0 Å². The standard InChI is InChI=1S/C10H11N3O/c1-3-8-7(2)5-4-6-9(8)10(14)12-13-11/h4-6H,3H2,1-2H3. The number of carbonyl (C=O) groups excluding carboxylic acids is 1. The van der Waals surface area contributed by atoms with Gasteiger partial charge in [-0.1, -0.05) is 25.1 Å². The zero-order chi connectivity index (χ0) is 10.6. The predicted octanol–water partition coefficient (Wildman–Crippen LogP) is 3.01. The van der Waals surface area contributed by atoms with Gasteiger partial charge in [0.1, 0.15) is 0 Å². The molecule has 0 radical (unpaired) electrons. The molecule has 0 N–H and O–H groups in total. The molecule has 1 amide bonds. The molecule has 4 heteroatoms. The first-order valence-corrected chi connectivity index (χ1v) is 4.38. The summed E-state index contributed by atoms with van der Waals surface area (Å²) in [5.74, 6) is -0.506. The molecule has 1 rings (SSSR count). The van der Waals surface area contributed by atoms with Gasteiger partial charge in [-0.15, -0.1) is 0 Å². The van der Waals surface area contributed by atoms with Crippen molar-refractivity contribution in [2.45, 2.75) is 20.3 Å². The number of nitrogens with zero attached hydrogens (tertiary/aromatic N) is 3. The molecule has 0 fully saturated rings. The van der Waals surface area contributed by atoms with Gasteiger partial charge in [0.2, 0.25) is 5.91 Å². The second-order valence-corrected chi connectivity index (χ2v) is 2.95. The lowest BCUT2D eigenvalue weighted by Gasteiger charge is -2.06. The Labute approximate surface area is 82.2 Å². The summed E-state index contributed by atoms with van der Waals surface area (Å²) in [5, 5.41) is 3.09. The molecule has 14 heavy (non-hydrogen) atoms. The van der Waals surface area contributed by atoms with E-state index in [0.717, 1.165) is 17.5 Å². The van der Waals surface area contributed by atoms with Crippen LogP contribution in [0.1, 0.15) is 28.4 Å². The van der Waals surface area contributed by atoms with Crippen LogP contribution in [0.25, 0.3) is 10.4 Å². The number of aryl methyl sites for hydroxylation is 1. The first-order valence-electron chi connectivity index (χ1n) is 4.38. The van der Waals surface area contributed by atoms with E-state index < -0.39 is 5.91 Å². The molecule has 72 valence electrons. The fourth-order valence-corrected chi connectivity index (χ4v) is 1.47. The maximum absolute atomic E-state index is 11.4. The van der Waals surface area contributed by atoms with E-state index in [4.69, 9.17) is 5.53 Å². The average Bonchev–Trinajstić information content (AvgIpc) is 2.17. The van der Waals surface area contributed by atoms with Gasteiger partial charge >= 0.3 is 0 Å². The van der Waals surface area contributed by atoms with Crippen LogP contribution in [0.2, 0.25) is 0 Å². The summed E-state index contributed by atoms with van der Waals surface area (Å²) in [6.45, 7) is 3.90. The summed E-state index contributed by atoms with van der Waals surface area (Å²) < 4.78 is 0. The molecule has 0 spiro atoms. The lowest BCUT2D eigenvalue weighted by Crippen LogP contribution is -2.01. The second-order valence-electron chi connectivity index (χ2n) is 2.95. The number of rotatable bonds is 2. The number of azide groups is 1. The van der Waals surface area contributed by atoms with Crippen LogP contribution in [-0.4, -0.2) is 5.91 Å². The van der Waals surface area contributed by atoms with Gasteiger partial charge in [0, 0.05) is 10.5 Å². The smallest absolute Gasteiger partial charge is 0.249 e. The van der Waals surface area contributed by atoms with Gasteiger partial charge in [-0.3, -0.25) is 4.79 Å². The topological polar surface area (TPSA) is 65.8 Å². The van der Waals surface area contributed by atoms with Crippen molar-refractivity contribution in [3.8, 4) is 0 Å². The van der Waals surface area contributed by atoms with Crippen molar-refractivity contribution >= 4 is 5.91 Å². The Hall–Kier alpha value is -1.80. The van der Waals surface area contributed by atoms with E-state index in [1.165, 1.54) is 0 Å². The molecule has 0 aliphatic heterocycles. The van der Waals surface area contributed by atoms with Gasteiger partial charge in [-0.2, -0.15) is 0 Å². The highest BCUT2D eigenvalue weighted by Gasteiger charge is 2.09. The molecule has 4 nitrogen and oxygen atoms in total. The second kappa shape index (κ2) is 4.44. The molecule has 0 unspecified atom stereocenters. The Morgan fingerprint density at radius 2 is 2.29 bits per heavy atom. The zero-order valence-electron chi connectivity index (χ0n) is 8.19. The van der Waals surface area contributed by atoms with Crippen molar-refractivity contribution in [3.63, 3.8) is 0 Å². The molecular weight excluding hydrogens is 178 g/mol. The molecule has 1 aromatic rings. The Kier molecular flexibility index (Phi) is 3.26. The molecule has 0 aliphatic carbocycles. The largest absolute Gasteiger partial charge is 0.287 e. The molecule has 0 saturated carbocycles. The Morgan fingerprint density at radius 3 is 2.86 bits per heavy atom. The van der Waals surface area contributed by atoms with E-state index in [2.05, 4.69) is 10.0 Å². The number of amides is 1. The average molecular weight is 189 g/mol. The Bertz CT molecular complexity index is 406. The SMILES string of the molecule is CCc1c(C)cccc1C(=O)N=[N+]=[N-]. The minimum Gasteiger partial charge on any atom is -0.287 e. The maximum atomic E-state index is 11.4. The highest BCUT2D eigenvalue weighted by atomic mass is 16.1. The predicted molar refractivity (Wildman–Crippen MR) is 54.0 cm³/mol. The van der Waals surface area contributed by atoms with Gasteiger partial charge in [0.15, 0.2) is 0 Å². The minimum atomic E-state index is -0.506. The monoisotopic (exact) mass is 189 g/mol. The fraction of sp³-hybridized carbons (Fsp3) is 0.300. The van der Waals surface area contributed by atoms with Crippen molar-refractivity contribution in [2.75, 3.05) is 0 Å². The van der Waals surface area contributed by atoms with Crippen LogP contribution in [-0.2, 0) is 6.42 Å². The normalized spacial score (nSPS) is 9.29. The van der Waals surface area contributed by atoms with Crippen LogP contribution in [0, 0.1) is 6.92 Å². The summed E-state index contributed by atoms with van der Waals surface area (Å²) >= 11 is 0. The number of carbonyl (C=O) groups is 1. The number of benzene rings is 1. The Balaban J connectivity index is 3.26. The van der Waals surface area contributed by atoms with Crippen LogP contribution < -0.4 is 0 Å². The first-order chi connectivity index (χ1) is 6.70. The van der Waals surface area contributed by atoms with Crippen molar-refractivity contribution in [1.29, 1.82) is 0 Å². The maximum Gasteiger partial charge on any atom is 0.249 e. The third-order valence-electron chi connectivity index (χ3n) is 2.13. The molecule has 0 bridgehead atoms. The molecule has 0 saturated heterocycles. The third-order valence-corrected chi connectivity index (χ3v) is 2.13. The van der Waals surface area contributed by atoms with E-state index in [1.54, 1.807) is 12.1 Å². The van der Waals surface area contributed by atoms with E-state index >= 15 is 0 Å². The van der Waals surface area contributed by atoms with Crippen molar-refractivity contribution in [1.82, 2.24) is 0 Å². The lowest BCUT2D eigenvalue weighted by molar-refractivity contribution is 0.0999. The van der Waals surface area contributed by atoms with E-state index in [1.807, 2.05) is 19.9 Å². The quantitative estimate of drug-likeness (QED) is 0.400. The summed E-state index contributed by atoms with van der Waals surface area (Å²) in [6.07, 6.45) is 0.759. The van der Waals surface area contributed by atoms with E-state index in [-0.39, 0.29) is 0 Å². The number of hydrogen-bond donors (Lipinski definition) is 0. The minimum absolute atomic E-state index is 0.505. The molecule has 0 aliphatic rings. The van der Waals surface area contributed by atoms with Gasteiger partial charge in [0.05, 0.1) is 0 Å². The van der Waals surface area contributed by atoms with Gasteiger partial charge in [-0.25, -0.2) is 0 Å². The van der Waals surface area contributed by atoms with Crippen LogP contribution in [0.15, 0.2) is 23.3 Å². The highest BCUT2D eigenvalue weighted by molar-refractivity contribution is 5.96. The van der Waals surface area contributed by atoms with Crippen LogP contribution in [0.3, 0.4) is 0 Å². The molecule has 1 aromatic carbocycles. The van der Waals surface area contributed by atoms with Crippen LogP contribution in [0.4, 0.5) is 0 Å². The van der Waals surface area contributed by atoms with Crippen molar-refractivity contribution in [3.05, 3.63) is 45.3 Å². The Morgan fingerprint density at radius 1 is 1.57 bits per heavy atom. The highest BCUT2D eigenvalue weighted by Crippen LogP contribution is 2.15. The number of hydrogen-bond acceptors (Lipinski definition) is 1. The molecule has 0 atom stereocenters. The fourth-order valence-electron chi connectivity index (χ4n) is 1.47. The lowest BCUT2D eigenvalue weighted by atomic mass is 9.99. The van der Waals surface area contributed by atoms with Crippen molar-refractivity contribution in [2.24, 2.45) is 5.11 Å². The van der Waals surface area contributed by atoms with Gasteiger partial charge in [-0.05, 0) is 35.1 Å². The molecule has 0 heterocycles. The summed E-state index contributed by atoms with van der Waals surface area (Å²) in [6, 6.07) is 5.41. The summed E-state index contributed by atoms with van der Waals surface area (Å²) in [5.41, 5.74) is 10.7. The zero-order valence-corrected chi connectivity index (χ0v) is 8.19. The van der Waals surface area contributed by atoms with Crippen LogP contribution >= 0.6 is 0 Å².